The molecule has 0 unspecified atom stereocenters. The first kappa shape index (κ1) is 16.0. The Hall–Kier alpha value is -3.48. The quantitative estimate of drug-likeness (QED) is 0.523. The van der Waals surface area contributed by atoms with Crippen molar-refractivity contribution < 1.29 is 4.39 Å². The molecule has 0 saturated heterocycles. The molecular formula is C19H17FN6. The summed E-state index contributed by atoms with van der Waals surface area (Å²) in [7, 11) is 0. The Kier molecular flexibility index (Phi) is 4.42. The van der Waals surface area contributed by atoms with E-state index >= 15 is 0 Å². The molecule has 4 rings (SSSR count). The number of pyridine rings is 1. The van der Waals surface area contributed by atoms with Gasteiger partial charge in [-0.15, -0.1) is 0 Å². The third kappa shape index (κ3) is 3.32. The average molecular weight is 348 g/mol. The zero-order valence-electron chi connectivity index (χ0n) is 13.9. The second kappa shape index (κ2) is 7.18. The predicted molar refractivity (Wildman–Crippen MR) is 99.6 cm³/mol. The third-order valence-corrected chi connectivity index (χ3v) is 3.93. The zero-order chi connectivity index (χ0) is 17.8. The normalized spacial score (nSPS) is 10.8. The van der Waals surface area contributed by atoms with Gasteiger partial charge in [-0.3, -0.25) is 4.98 Å². The van der Waals surface area contributed by atoms with Crippen LogP contribution in [0.25, 0.3) is 16.9 Å². The molecule has 0 atom stereocenters. The number of nitrogens with one attached hydrogen (secondary N) is 2. The lowest BCUT2D eigenvalue weighted by Crippen LogP contribution is -2.16. The average Bonchev–Trinajstić information content (AvgIpc) is 3.15. The van der Waals surface area contributed by atoms with Crippen LogP contribution in [0.4, 0.5) is 15.9 Å². The van der Waals surface area contributed by atoms with Gasteiger partial charge in [0.15, 0.2) is 5.65 Å². The van der Waals surface area contributed by atoms with Crippen molar-refractivity contribution in [3.05, 3.63) is 72.9 Å². The maximum atomic E-state index is 14.1. The molecule has 0 saturated carbocycles. The molecule has 6 nitrogen and oxygen atoms in total. The first-order valence-corrected chi connectivity index (χ1v) is 8.29. The van der Waals surface area contributed by atoms with Crippen LogP contribution in [-0.2, 0) is 0 Å². The van der Waals surface area contributed by atoms with E-state index < -0.39 is 0 Å². The first-order valence-electron chi connectivity index (χ1n) is 8.29. The van der Waals surface area contributed by atoms with Crippen LogP contribution in [0.2, 0.25) is 0 Å². The van der Waals surface area contributed by atoms with Gasteiger partial charge in [-0.05, 0) is 24.3 Å². The zero-order valence-corrected chi connectivity index (χ0v) is 13.9. The molecule has 0 aliphatic carbocycles. The smallest absolute Gasteiger partial charge is 0.157 e. The standard InChI is InChI=1S/C19H17FN6/c20-16-6-2-1-5-15(16)17-12-19(26-18(25-17)7-9-24-26)23-11-10-22-14-4-3-8-21-13-14/h1-9,12-13,22-23H,10-11H2. The SMILES string of the molecule is Fc1ccccc1-c1cc(NCCNc2cccnc2)n2nccc2n1. The van der Waals surface area contributed by atoms with Gasteiger partial charge in [0.25, 0.3) is 0 Å². The highest BCUT2D eigenvalue weighted by molar-refractivity contribution is 5.66. The monoisotopic (exact) mass is 348 g/mol. The highest BCUT2D eigenvalue weighted by Crippen LogP contribution is 2.24. The van der Waals surface area contributed by atoms with E-state index in [0.29, 0.717) is 30.0 Å². The number of hydrogen-bond donors (Lipinski definition) is 2. The van der Waals surface area contributed by atoms with Crippen molar-refractivity contribution in [3.63, 3.8) is 0 Å². The van der Waals surface area contributed by atoms with Gasteiger partial charge in [0, 0.05) is 43.2 Å². The summed E-state index contributed by atoms with van der Waals surface area (Å²) >= 11 is 0. The van der Waals surface area contributed by atoms with Crippen molar-refractivity contribution in [1.29, 1.82) is 0 Å². The van der Waals surface area contributed by atoms with E-state index in [0.717, 1.165) is 11.5 Å². The number of fused-ring (bicyclic) bond motifs is 1. The van der Waals surface area contributed by atoms with Gasteiger partial charge in [-0.2, -0.15) is 9.61 Å². The largest absolute Gasteiger partial charge is 0.382 e. The van der Waals surface area contributed by atoms with Gasteiger partial charge >= 0.3 is 0 Å². The molecule has 4 aromatic rings. The molecule has 0 radical (unpaired) electrons. The van der Waals surface area contributed by atoms with Gasteiger partial charge in [-0.25, -0.2) is 9.37 Å². The van der Waals surface area contributed by atoms with Crippen molar-refractivity contribution in [2.75, 3.05) is 23.7 Å². The fourth-order valence-corrected chi connectivity index (χ4v) is 2.71. The lowest BCUT2D eigenvalue weighted by Gasteiger charge is -2.12. The van der Waals surface area contributed by atoms with Crippen LogP contribution in [0.5, 0.6) is 0 Å². The lowest BCUT2D eigenvalue weighted by atomic mass is 10.1. The molecule has 26 heavy (non-hydrogen) atoms. The number of aromatic nitrogens is 4. The highest BCUT2D eigenvalue weighted by atomic mass is 19.1. The molecule has 1 aromatic carbocycles. The summed E-state index contributed by atoms with van der Waals surface area (Å²) in [5.41, 5.74) is 2.65. The van der Waals surface area contributed by atoms with E-state index in [1.54, 1.807) is 47.4 Å². The van der Waals surface area contributed by atoms with Crippen LogP contribution < -0.4 is 10.6 Å². The van der Waals surface area contributed by atoms with Crippen LogP contribution >= 0.6 is 0 Å². The van der Waals surface area contributed by atoms with E-state index in [4.69, 9.17) is 0 Å². The van der Waals surface area contributed by atoms with E-state index in [2.05, 4.69) is 25.7 Å². The molecule has 2 N–H and O–H groups in total. The van der Waals surface area contributed by atoms with Crippen LogP contribution in [0.1, 0.15) is 0 Å². The molecule has 3 aromatic heterocycles. The lowest BCUT2D eigenvalue weighted by molar-refractivity contribution is 0.630. The molecule has 3 heterocycles. The highest BCUT2D eigenvalue weighted by Gasteiger charge is 2.11. The number of hydrogen-bond acceptors (Lipinski definition) is 5. The van der Waals surface area contributed by atoms with Crippen LogP contribution in [0, 0.1) is 5.82 Å². The van der Waals surface area contributed by atoms with Crippen molar-refractivity contribution >= 4 is 17.2 Å². The van der Waals surface area contributed by atoms with Gasteiger partial charge in [0.1, 0.15) is 11.6 Å². The van der Waals surface area contributed by atoms with Gasteiger partial charge in [-0.1, -0.05) is 12.1 Å². The fourth-order valence-electron chi connectivity index (χ4n) is 2.71. The topological polar surface area (TPSA) is 67.1 Å². The molecule has 7 heteroatoms. The Morgan fingerprint density at radius 2 is 1.85 bits per heavy atom. The molecule has 0 fully saturated rings. The van der Waals surface area contributed by atoms with Crippen molar-refractivity contribution in [3.8, 4) is 11.3 Å². The number of nitrogens with zero attached hydrogens (tertiary/aromatic N) is 4. The molecular weight excluding hydrogens is 331 g/mol. The van der Waals surface area contributed by atoms with Crippen molar-refractivity contribution in [1.82, 2.24) is 19.6 Å². The molecule has 0 aliphatic rings. The summed E-state index contributed by atoms with van der Waals surface area (Å²) in [5.74, 6) is 0.458. The van der Waals surface area contributed by atoms with Gasteiger partial charge in [0.05, 0.1) is 17.6 Å². The number of rotatable bonds is 6. The minimum absolute atomic E-state index is 0.298. The Morgan fingerprint density at radius 1 is 0.962 bits per heavy atom. The van der Waals surface area contributed by atoms with Crippen LogP contribution in [-0.4, -0.2) is 32.7 Å². The maximum Gasteiger partial charge on any atom is 0.157 e. The van der Waals surface area contributed by atoms with Crippen molar-refractivity contribution in [2.24, 2.45) is 0 Å². The second-order valence-corrected chi connectivity index (χ2v) is 5.70. The Bertz CT molecular complexity index is 1010. The third-order valence-electron chi connectivity index (χ3n) is 3.93. The predicted octanol–water partition coefficient (Wildman–Crippen LogP) is 3.45. The summed E-state index contributed by atoms with van der Waals surface area (Å²) in [6.07, 6.45) is 5.18. The van der Waals surface area contributed by atoms with Crippen LogP contribution in [0.15, 0.2) is 67.1 Å². The van der Waals surface area contributed by atoms with E-state index in [1.807, 2.05) is 18.2 Å². The molecule has 0 spiro atoms. The second-order valence-electron chi connectivity index (χ2n) is 5.70. The Labute approximate surface area is 149 Å². The van der Waals surface area contributed by atoms with E-state index in [-0.39, 0.29) is 5.82 Å². The Balaban J connectivity index is 1.54. The van der Waals surface area contributed by atoms with Crippen LogP contribution in [0.3, 0.4) is 0 Å². The first-order chi connectivity index (χ1) is 12.8. The molecule has 0 aliphatic heterocycles. The van der Waals surface area contributed by atoms with E-state index in [1.165, 1.54) is 6.07 Å². The maximum absolute atomic E-state index is 14.1. The van der Waals surface area contributed by atoms with E-state index in [9.17, 15) is 4.39 Å². The van der Waals surface area contributed by atoms with Gasteiger partial charge in [0.2, 0.25) is 0 Å². The fraction of sp³-hybridized carbons (Fsp3) is 0.105. The Morgan fingerprint density at radius 3 is 2.69 bits per heavy atom. The molecule has 0 amide bonds. The summed E-state index contributed by atoms with van der Waals surface area (Å²) < 4.78 is 15.8. The minimum atomic E-state index is -0.298. The molecule has 130 valence electrons. The number of halogens is 1. The summed E-state index contributed by atoms with van der Waals surface area (Å²) in [4.78, 5) is 8.57. The summed E-state index contributed by atoms with van der Waals surface area (Å²) in [6, 6.07) is 14.1. The number of anilines is 2. The van der Waals surface area contributed by atoms with Gasteiger partial charge < -0.3 is 10.6 Å². The van der Waals surface area contributed by atoms with Crippen molar-refractivity contribution in [2.45, 2.75) is 0 Å². The minimum Gasteiger partial charge on any atom is -0.382 e. The summed E-state index contributed by atoms with van der Waals surface area (Å²) in [5, 5.41) is 10.9. The summed E-state index contributed by atoms with van der Waals surface area (Å²) in [6.45, 7) is 1.36. The number of benzene rings is 1. The molecule has 0 bridgehead atoms.